The number of nitro groups is 1. The Morgan fingerprint density at radius 3 is 2.29 bits per heavy atom. The van der Waals surface area contributed by atoms with Crippen molar-refractivity contribution in [3.8, 4) is 5.75 Å². The first-order valence-corrected chi connectivity index (χ1v) is 7.11. The smallest absolute Gasteiger partial charge is 0.276 e. The van der Waals surface area contributed by atoms with E-state index in [0.29, 0.717) is 37.6 Å². The van der Waals surface area contributed by atoms with E-state index in [1.54, 1.807) is 13.0 Å². The first-order valence-electron chi connectivity index (χ1n) is 7.11. The molecule has 21 heavy (non-hydrogen) atoms. The molecule has 0 fully saturated rings. The third-order valence-corrected chi connectivity index (χ3v) is 3.01. The van der Waals surface area contributed by atoms with Gasteiger partial charge >= 0.3 is 0 Å². The summed E-state index contributed by atoms with van der Waals surface area (Å²) in [6, 6.07) is 3.23. The summed E-state index contributed by atoms with van der Waals surface area (Å²) in [7, 11) is 0. The molecule has 0 unspecified atom stereocenters. The molecule has 0 heterocycles. The summed E-state index contributed by atoms with van der Waals surface area (Å²) in [5.74, 6) is 0.527. The zero-order valence-electron chi connectivity index (χ0n) is 13.0. The van der Waals surface area contributed by atoms with Crippen molar-refractivity contribution in [1.29, 1.82) is 0 Å². The van der Waals surface area contributed by atoms with Crippen molar-refractivity contribution in [1.82, 2.24) is 0 Å². The van der Waals surface area contributed by atoms with Gasteiger partial charge in [0.1, 0.15) is 5.75 Å². The highest BCUT2D eigenvalue weighted by Crippen LogP contribution is 2.28. The molecule has 0 atom stereocenters. The lowest BCUT2D eigenvalue weighted by Crippen LogP contribution is -2.20. The van der Waals surface area contributed by atoms with E-state index in [1.165, 1.54) is 6.07 Å². The van der Waals surface area contributed by atoms with Gasteiger partial charge in [-0.25, -0.2) is 0 Å². The molecule has 1 aromatic carbocycles. The molecule has 118 valence electrons. The lowest BCUT2D eigenvalue weighted by atomic mass is 10.1. The summed E-state index contributed by atoms with van der Waals surface area (Å²) >= 11 is 0. The maximum atomic E-state index is 10.9. The summed E-state index contributed by atoms with van der Waals surface area (Å²) in [5.41, 5.74) is 1.58. The van der Waals surface area contributed by atoms with Crippen LogP contribution >= 0.6 is 0 Å². The average Bonchev–Trinajstić information content (AvgIpc) is 2.41. The molecule has 0 N–H and O–H groups in total. The van der Waals surface area contributed by atoms with Crippen LogP contribution in [0.15, 0.2) is 12.1 Å². The number of aryl methyl sites for hydroxylation is 2. The van der Waals surface area contributed by atoms with E-state index in [4.69, 9.17) is 14.2 Å². The molecule has 1 rings (SSSR count). The zero-order chi connectivity index (χ0) is 15.8. The van der Waals surface area contributed by atoms with Gasteiger partial charge in [-0.15, -0.1) is 0 Å². The summed E-state index contributed by atoms with van der Waals surface area (Å²) in [5, 5.41) is 10.9. The molecule has 0 aliphatic heterocycles. The SMILES string of the molecule is CCOC(CCOc1cc([N+](=O)[O-])c(C)cc1C)OCC. The number of nitrogens with zero attached hydrogens (tertiary/aromatic N) is 1. The highest BCUT2D eigenvalue weighted by molar-refractivity contribution is 5.49. The van der Waals surface area contributed by atoms with Gasteiger partial charge in [-0.05, 0) is 39.3 Å². The van der Waals surface area contributed by atoms with Crippen LogP contribution in [0.4, 0.5) is 5.69 Å². The van der Waals surface area contributed by atoms with E-state index in [-0.39, 0.29) is 12.0 Å². The third-order valence-electron chi connectivity index (χ3n) is 3.01. The van der Waals surface area contributed by atoms with Crippen LogP contribution in [0.3, 0.4) is 0 Å². The van der Waals surface area contributed by atoms with Gasteiger partial charge in [-0.3, -0.25) is 10.1 Å². The number of benzene rings is 1. The largest absolute Gasteiger partial charge is 0.493 e. The van der Waals surface area contributed by atoms with Crippen LogP contribution in [0, 0.1) is 24.0 Å². The Labute approximate surface area is 125 Å². The molecular formula is C15H23NO5. The predicted octanol–water partition coefficient (Wildman–Crippen LogP) is 3.38. The lowest BCUT2D eigenvalue weighted by Gasteiger charge is -2.17. The fourth-order valence-corrected chi connectivity index (χ4v) is 2.03. The summed E-state index contributed by atoms with van der Waals surface area (Å²) in [6.45, 7) is 8.91. The number of hydrogen-bond acceptors (Lipinski definition) is 5. The number of rotatable bonds is 9. The normalized spacial score (nSPS) is 10.9. The summed E-state index contributed by atoms with van der Waals surface area (Å²) < 4.78 is 16.5. The van der Waals surface area contributed by atoms with Gasteiger partial charge in [0.2, 0.25) is 0 Å². The average molecular weight is 297 g/mol. The second-order valence-electron chi connectivity index (χ2n) is 4.64. The van der Waals surface area contributed by atoms with Crippen LogP contribution in [0.2, 0.25) is 0 Å². The Balaban J connectivity index is 2.66. The molecule has 0 bridgehead atoms. The van der Waals surface area contributed by atoms with Gasteiger partial charge in [-0.1, -0.05) is 0 Å². The Kier molecular flexibility index (Phi) is 7.11. The van der Waals surface area contributed by atoms with Crippen LogP contribution in [0.25, 0.3) is 0 Å². The Bertz CT molecular complexity index is 469. The first kappa shape index (κ1) is 17.4. The predicted molar refractivity (Wildman–Crippen MR) is 79.7 cm³/mol. The maximum absolute atomic E-state index is 10.9. The minimum Gasteiger partial charge on any atom is -0.493 e. The highest BCUT2D eigenvalue weighted by atomic mass is 16.7. The van der Waals surface area contributed by atoms with E-state index >= 15 is 0 Å². The van der Waals surface area contributed by atoms with E-state index in [9.17, 15) is 10.1 Å². The molecule has 0 amide bonds. The third kappa shape index (κ3) is 5.32. The van der Waals surface area contributed by atoms with Crippen LogP contribution in [-0.2, 0) is 9.47 Å². The van der Waals surface area contributed by atoms with E-state index in [1.807, 2.05) is 20.8 Å². The fourth-order valence-electron chi connectivity index (χ4n) is 2.03. The van der Waals surface area contributed by atoms with Crippen LogP contribution in [0.5, 0.6) is 5.75 Å². The van der Waals surface area contributed by atoms with Gasteiger partial charge in [0.15, 0.2) is 6.29 Å². The first-order chi connectivity index (χ1) is 9.99. The second-order valence-corrected chi connectivity index (χ2v) is 4.64. The highest BCUT2D eigenvalue weighted by Gasteiger charge is 2.15. The molecule has 6 nitrogen and oxygen atoms in total. The molecule has 0 aliphatic carbocycles. The van der Waals surface area contributed by atoms with Crippen molar-refractivity contribution >= 4 is 5.69 Å². The molecular weight excluding hydrogens is 274 g/mol. The molecule has 0 radical (unpaired) electrons. The van der Waals surface area contributed by atoms with Crippen molar-refractivity contribution in [3.05, 3.63) is 33.4 Å². The summed E-state index contributed by atoms with van der Waals surface area (Å²) in [6.07, 6.45) is 0.267. The van der Waals surface area contributed by atoms with Crippen molar-refractivity contribution in [3.63, 3.8) is 0 Å². The van der Waals surface area contributed by atoms with Gasteiger partial charge in [0.05, 0.1) is 17.6 Å². The fraction of sp³-hybridized carbons (Fsp3) is 0.600. The monoisotopic (exact) mass is 297 g/mol. The number of ether oxygens (including phenoxy) is 3. The number of hydrogen-bond donors (Lipinski definition) is 0. The number of nitro benzene ring substituents is 1. The topological polar surface area (TPSA) is 70.8 Å². The van der Waals surface area contributed by atoms with Crippen molar-refractivity contribution < 1.29 is 19.1 Å². The van der Waals surface area contributed by atoms with Gasteiger partial charge < -0.3 is 14.2 Å². The molecule has 0 saturated carbocycles. The Hall–Kier alpha value is -1.66. The van der Waals surface area contributed by atoms with Gasteiger partial charge in [0.25, 0.3) is 5.69 Å². The van der Waals surface area contributed by atoms with E-state index in [0.717, 1.165) is 5.56 Å². The Morgan fingerprint density at radius 2 is 1.76 bits per heavy atom. The van der Waals surface area contributed by atoms with Crippen LogP contribution in [-0.4, -0.2) is 31.0 Å². The van der Waals surface area contributed by atoms with E-state index in [2.05, 4.69) is 0 Å². The minimum absolute atomic E-state index is 0.0711. The summed E-state index contributed by atoms with van der Waals surface area (Å²) in [4.78, 5) is 10.5. The molecule has 1 aromatic rings. The van der Waals surface area contributed by atoms with Gasteiger partial charge in [-0.2, -0.15) is 0 Å². The quantitative estimate of drug-likeness (QED) is 0.397. The molecule has 0 aromatic heterocycles. The van der Waals surface area contributed by atoms with Crippen molar-refractivity contribution in [2.24, 2.45) is 0 Å². The van der Waals surface area contributed by atoms with Gasteiger partial charge in [0, 0.05) is 25.2 Å². The zero-order valence-corrected chi connectivity index (χ0v) is 13.0. The molecule has 6 heteroatoms. The molecule has 0 spiro atoms. The van der Waals surface area contributed by atoms with Crippen LogP contribution < -0.4 is 4.74 Å². The maximum Gasteiger partial charge on any atom is 0.276 e. The second kappa shape index (κ2) is 8.59. The van der Waals surface area contributed by atoms with Crippen molar-refractivity contribution in [2.45, 2.75) is 40.4 Å². The van der Waals surface area contributed by atoms with Crippen LogP contribution in [0.1, 0.15) is 31.4 Å². The lowest BCUT2D eigenvalue weighted by molar-refractivity contribution is -0.385. The minimum atomic E-state index is -0.398. The van der Waals surface area contributed by atoms with E-state index < -0.39 is 4.92 Å². The molecule has 0 aliphatic rings. The van der Waals surface area contributed by atoms with Crippen molar-refractivity contribution in [2.75, 3.05) is 19.8 Å². The Morgan fingerprint density at radius 1 is 1.14 bits per heavy atom. The molecule has 0 saturated heterocycles. The standard InChI is InChI=1S/C15H23NO5/c1-5-19-15(20-6-2)7-8-21-14-10-13(16(17)18)11(3)9-12(14)4/h9-10,15H,5-8H2,1-4H3.